The van der Waals surface area contributed by atoms with Gasteiger partial charge in [0.1, 0.15) is 0 Å². The fourth-order valence-electron chi connectivity index (χ4n) is 3.65. The van der Waals surface area contributed by atoms with Gasteiger partial charge in [-0.1, -0.05) is 12.8 Å². The summed E-state index contributed by atoms with van der Waals surface area (Å²) < 4.78 is 0. The van der Waals surface area contributed by atoms with E-state index in [0.717, 1.165) is 50.9 Å². The van der Waals surface area contributed by atoms with E-state index in [1.807, 2.05) is 29.2 Å². The summed E-state index contributed by atoms with van der Waals surface area (Å²) in [7, 11) is 0. The second-order valence-electron chi connectivity index (χ2n) is 7.04. The van der Waals surface area contributed by atoms with Gasteiger partial charge in [0.25, 0.3) is 5.91 Å². The minimum atomic E-state index is 0. The molecule has 1 heterocycles. The van der Waals surface area contributed by atoms with E-state index in [0.29, 0.717) is 5.56 Å². The fraction of sp³-hybridized carbons (Fsp3) is 0.579. The van der Waals surface area contributed by atoms with E-state index in [-0.39, 0.29) is 36.2 Å². The molecular weight excluding hydrogens is 338 g/mol. The van der Waals surface area contributed by atoms with E-state index in [2.05, 4.69) is 5.32 Å². The van der Waals surface area contributed by atoms with Crippen molar-refractivity contribution < 1.29 is 9.59 Å². The summed E-state index contributed by atoms with van der Waals surface area (Å²) in [5.41, 5.74) is 7.31. The predicted molar refractivity (Wildman–Crippen MR) is 102 cm³/mol. The van der Waals surface area contributed by atoms with Crippen LogP contribution in [0.3, 0.4) is 0 Å². The molecule has 0 spiro atoms. The number of carbonyl (C=O) groups excluding carboxylic acids is 2. The molecule has 1 aromatic rings. The number of rotatable bonds is 3. The molecule has 2 unspecified atom stereocenters. The molecule has 0 radical (unpaired) electrons. The van der Waals surface area contributed by atoms with Gasteiger partial charge in [0.05, 0.1) is 0 Å². The molecule has 1 saturated heterocycles. The van der Waals surface area contributed by atoms with Gasteiger partial charge < -0.3 is 16.0 Å². The average Bonchev–Trinajstić information content (AvgIpc) is 2.85. The topological polar surface area (TPSA) is 75.4 Å². The van der Waals surface area contributed by atoms with Crippen LogP contribution in [0.15, 0.2) is 24.3 Å². The molecule has 0 bridgehead atoms. The summed E-state index contributed by atoms with van der Waals surface area (Å²) in [6.45, 7) is 1.69. The lowest BCUT2D eigenvalue weighted by molar-refractivity contribution is -0.119. The second kappa shape index (κ2) is 9.20. The quantitative estimate of drug-likeness (QED) is 0.863. The van der Waals surface area contributed by atoms with Crippen LogP contribution in [0.1, 0.15) is 55.3 Å². The normalized spacial score (nSPS) is 23.5. The molecule has 2 aliphatic rings. The molecule has 1 aliphatic heterocycles. The van der Waals surface area contributed by atoms with E-state index < -0.39 is 0 Å². The highest BCUT2D eigenvalue weighted by molar-refractivity contribution is 5.96. The first-order valence-corrected chi connectivity index (χ1v) is 9.09. The molecule has 2 fully saturated rings. The number of likely N-dealkylation sites (tertiary alicyclic amines) is 1. The molecule has 1 aliphatic carbocycles. The molecule has 6 heteroatoms. The maximum absolute atomic E-state index is 12.6. The average molecular weight is 366 g/mol. The summed E-state index contributed by atoms with van der Waals surface area (Å²) in [5, 5.41) is 2.94. The lowest BCUT2D eigenvalue weighted by Gasteiger charge is -2.20. The van der Waals surface area contributed by atoms with Crippen LogP contribution in [-0.4, -0.2) is 35.8 Å². The molecule has 0 aromatic heterocycles. The number of hydrogen-bond acceptors (Lipinski definition) is 3. The highest BCUT2D eigenvalue weighted by atomic mass is 35.5. The number of anilines is 1. The van der Waals surface area contributed by atoms with E-state index >= 15 is 0 Å². The third-order valence-corrected chi connectivity index (χ3v) is 5.14. The molecule has 25 heavy (non-hydrogen) atoms. The Hall–Kier alpha value is -1.59. The van der Waals surface area contributed by atoms with Crippen molar-refractivity contribution in [2.75, 3.05) is 18.4 Å². The Bertz CT molecular complexity index is 583. The number of carbonyl (C=O) groups is 2. The van der Waals surface area contributed by atoms with Gasteiger partial charge in [-0.3, -0.25) is 9.59 Å². The van der Waals surface area contributed by atoms with Crippen molar-refractivity contribution in [3.05, 3.63) is 29.8 Å². The van der Waals surface area contributed by atoms with Gasteiger partial charge in [0, 0.05) is 36.3 Å². The van der Waals surface area contributed by atoms with Crippen LogP contribution in [0.5, 0.6) is 0 Å². The first-order valence-electron chi connectivity index (χ1n) is 9.09. The molecule has 1 saturated carbocycles. The van der Waals surface area contributed by atoms with Crippen molar-refractivity contribution in [1.82, 2.24) is 4.90 Å². The SMILES string of the molecule is Cl.NC1CCC(C(=O)Nc2ccc(C(=O)N3CCCCCC3)cc2)C1. The maximum atomic E-state index is 12.6. The zero-order valence-corrected chi connectivity index (χ0v) is 15.4. The van der Waals surface area contributed by atoms with Crippen molar-refractivity contribution in [3.8, 4) is 0 Å². The number of hydrogen-bond donors (Lipinski definition) is 2. The van der Waals surface area contributed by atoms with Gasteiger partial charge in [-0.15, -0.1) is 12.4 Å². The van der Waals surface area contributed by atoms with Crippen LogP contribution in [0.4, 0.5) is 5.69 Å². The van der Waals surface area contributed by atoms with Crippen LogP contribution >= 0.6 is 12.4 Å². The summed E-state index contributed by atoms with van der Waals surface area (Å²) >= 11 is 0. The number of nitrogens with one attached hydrogen (secondary N) is 1. The molecule has 2 atom stereocenters. The van der Waals surface area contributed by atoms with Gasteiger partial charge in [-0.05, 0) is 56.4 Å². The molecule has 5 nitrogen and oxygen atoms in total. The highest BCUT2D eigenvalue weighted by Gasteiger charge is 2.27. The first-order chi connectivity index (χ1) is 11.6. The summed E-state index contributed by atoms with van der Waals surface area (Å²) in [6, 6.07) is 7.40. The minimum absolute atomic E-state index is 0. The van der Waals surface area contributed by atoms with Gasteiger partial charge in [-0.2, -0.15) is 0 Å². The van der Waals surface area contributed by atoms with E-state index in [1.54, 1.807) is 0 Å². The van der Waals surface area contributed by atoms with Crippen molar-refractivity contribution in [2.45, 2.75) is 51.0 Å². The third-order valence-electron chi connectivity index (χ3n) is 5.14. The Morgan fingerprint density at radius 2 is 1.64 bits per heavy atom. The third kappa shape index (κ3) is 5.19. The lowest BCUT2D eigenvalue weighted by atomic mass is 10.1. The van der Waals surface area contributed by atoms with Gasteiger partial charge in [0.15, 0.2) is 0 Å². The van der Waals surface area contributed by atoms with Crippen molar-refractivity contribution >= 4 is 29.9 Å². The Kier molecular flexibility index (Phi) is 7.26. The molecule has 2 amide bonds. The van der Waals surface area contributed by atoms with E-state index in [1.165, 1.54) is 12.8 Å². The summed E-state index contributed by atoms with van der Waals surface area (Å²) in [6.07, 6.45) is 7.13. The Labute approximate surface area is 155 Å². The van der Waals surface area contributed by atoms with Gasteiger partial charge in [0.2, 0.25) is 5.91 Å². The Morgan fingerprint density at radius 3 is 2.20 bits per heavy atom. The lowest BCUT2D eigenvalue weighted by Crippen LogP contribution is -2.31. The number of amides is 2. The number of benzene rings is 1. The molecular formula is C19H28ClN3O2. The summed E-state index contributed by atoms with van der Waals surface area (Å²) in [5.74, 6) is 0.143. The monoisotopic (exact) mass is 365 g/mol. The van der Waals surface area contributed by atoms with Crippen LogP contribution in [-0.2, 0) is 4.79 Å². The smallest absolute Gasteiger partial charge is 0.253 e. The predicted octanol–water partition coefficient (Wildman–Crippen LogP) is 3.19. The van der Waals surface area contributed by atoms with Crippen LogP contribution in [0.2, 0.25) is 0 Å². The number of nitrogens with zero attached hydrogens (tertiary/aromatic N) is 1. The summed E-state index contributed by atoms with van der Waals surface area (Å²) in [4.78, 5) is 26.7. The number of halogens is 1. The fourth-order valence-corrected chi connectivity index (χ4v) is 3.65. The van der Waals surface area contributed by atoms with E-state index in [4.69, 9.17) is 5.73 Å². The van der Waals surface area contributed by atoms with Gasteiger partial charge in [-0.25, -0.2) is 0 Å². The van der Waals surface area contributed by atoms with Crippen LogP contribution < -0.4 is 11.1 Å². The Balaban J connectivity index is 0.00000225. The van der Waals surface area contributed by atoms with E-state index in [9.17, 15) is 9.59 Å². The zero-order chi connectivity index (χ0) is 16.9. The van der Waals surface area contributed by atoms with Crippen LogP contribution in [0, 0.1) is 5.92 Å². The second-order valence-corrected chi connectivity index (χ2v) is 7.04. The number of nitrogens with two attached hydrogens (primary N) is 1. The highest BCUT2D eigenvalue weighted by Crippen LogP contribution is 2.25. The largest absolute Gasteiger partial charge is 0.339 e. The Morgan fingerprint density at radius 1 is 1.00 bits per heavy atom. The molecule has 3 N–H and O–H groups in total. The van der Waals surface area contributed by atoms with Crippen molar-refractivity contribution in [3.63, 3.8) is 0 Å². The molecule has 1 aromatic carbocycles. The van der Waals surface area contributed by atoms with Crippen molar-refractivity contribution in [2.24, 2.45) is 11.7 Å². The maximum Gasteiger partial charge on any atom is 0.253 e. The van der Waals surface area contributed by atoms with Crippen molar-refractivity contribution in [1.29, 1.82) is 0 Å². The molecule has 138 valence electrons. The standard InChI is InChI=1S/C19H27N3O2.ClH/c20-16-8-5-15(13-16)18(23)21-17-9-6-14(7-10-17)19(24)22-11-3-1-2-4-12-22;/h6-7,9-10,15-16H,1-5,8,11-13,20H2,(H,21,23);1H. The van der Waals surface area contributed by atoms with Gasteiger partial charge >= 0.3 is 0 Å². The molecule has 3 rings (SSSR count). The first kappa shape index (κ1) is 19.7. The minimum Gasteiger partial charge on any atom is -0.339 e. The van der Waals surface area contributed by atoms with Crippen LogP contribution in [0.25, 0.3) is 0 Å². The zero-order valence-electron chi connectivity index (χ0n) is 14.6.